The second-order valence-electron chi connectivity index (χ2n) is 16.2. The van der Waals surface area contributed by atoms with Crippen molar-refractivity contribution in [3.63, 3.8) is 0 Å². The predicted molar refractivity (Wildman–Crippen MR) is 196 cm³/mol. The van der Waals surface area contributed by atoms with Crippen LogP contribution in [0.25, 0.3) is 10.2 Å². The van der Waals surface area contributed by atoms with Crippen molar-refractivity contribution in [2.45, 2.75) is 122 Å². The van der Waals surface area contributed by atoms with Gasteiger partial charge in [0.15, 0.2) is 33.3 Å². The highest BCUT2D eigenvalue weighted by atomic mass is 32.1. The highest BCUT2D eigenvalue weighted by Crippen LogP contribution is 2.44. The van der Waals surface area contributed by atoms with Gasteiger partial charge in [0, 0.05) is 12.0 Å². The van der Waals surface area contributed by atoms with Crippen LogP contribution in [0.3, 0.4) is 0 Å². The van der Waals surface area contributed by atoms with Crippen LogP contribution < -0.4 is 0 Å². The Labute approximate surface area is 279 Å². The molecule has 2 heterocycles. The lowest BCUT2D eigenvalue weighted by Crippen LogP contribution is -2.69. The molecular formula is C33H55NO6SSi4. The van der Waals surface area contributed by atoms with Crippen molar-refractivity contribution in [2.24, 2.45) is 0 Å². The fraction of sp³-hybridized carbons (Fsp3) is 0.606. The highest BCUT2D eigenvalue weighted by molar-refractivity contribution is 7.18. The van der Waals surface area contributed by atoms with Crippen LogP contribution in [0.4, 0.5) is 0 Å². The molecule has 1 aromatic heterocycles. The lowest BCUT2D eigenvalue weighted by molar-refractivity contribution is -0.348. The van der Waals surface area contributed by atoms with Gasteiger partial charge in [0.25, 0.3) is 0 Å². The van der Waals surface area contributed by atoms with Crippen LogP contribution in [-0.4, -0.2) is 74.4 Å². The zero-order valence-corrected chi connectivity index (χ0v) is 34.4. The molecule has 7 nitrogen and oxygen atoms in total. The third-order valence-electron chi connectivity index (χ3n) is 7.29. The van der Waals surface area contributed by atoms with Crippen LogP contribution in [0.15, 0.2) is 42.5 Å². The van der Waals surface area contributed by atoms with Crippen LogP contribution in [0.5, 0.6) is 0 Å². The van der Waals surface area contributed by atoms with Gasteiger partial charge in [-0.1, -0.05) is 24.3 Å². The van der Waals surface area contributed by atoms with Gasteiger partial charge in [0.1, 0.15) is 24.4 Å². The molecule has 1 aliphatic rings. The van der Waals surface area contributed by atoms with E-state index in [9.17, 15) is 5.11 Å². The number of nitrogens with zero attached hydrogens (tertiary/aromatic N) is 1. The Kier molecular flexibility index (Phi) is 11.0. The van der Waals surface area contributed by atoms with Gasteiger partial charge in [0.2, 0.25) is 5.79 Å². The molecule has 0 saturated carbocycles. The van der Waals surface area contributed by atoms with E-state index in [-0.39, 0.29) is 0 Å². The smallest absolute Gasteiger partial charge is 0.221 e. The Bertz CT molecular complexity index is 1430. The number of ether oxygens (including phenoxy) is 1. The van der Waals surface area contributed by atoms with Crippen molar-refractivity contribution in [1.29, 1.82) is 0 Å². The quantitative estimate of drug-likeness (QED) is 0.190. The number of benzene rings is 2. The standard InChI is InChI=1S/C33H55NO6SSi4/c1-23-18-19-25(20-24(23)21-29-34-26-16-14-15-17-28(26)41-29)33(35)32(40-45(11,12)13)31(39-44(8,9)10)30(38-43(5,6)7)27(37-33)22-36-42(2,3)4/h14-20,27,30-32,35H,21-22H2,1-13H3/t27-,30-,31+,32-,33?/m1/s1. The van der Waals surface area contributed by atoms with Gasteiger partial charge < -0.3 is 27.5 Å². The second-order valence-corrected chi connectivity index (χ2v) is 35.2. The number of thiazole rings is 1. The van der Waals surface area contributed by atoms with Gasteiger partial charge >= 0.3 is 0 Å². The zero-order valence-electron chi connectivity index (χ0n) is 29.6. The molecular weight excluding hydrogens is 651 g/mol. The summed E-state index contributed by atoms with van der Waals surface area (Å²) in [5.41, 5.74) is 3.89. The molecule has 1 N–H and O–H groups in total. The first-order valence-electron chi connectivity index (χ1n) is 16.1. The van der Waals surface area contributed by atoms with E-state index < -0.39 is 63.5 Å². The van der Waals surface area contributed by atoms with Gasteiger partial charge in [-0.2, -0.15) is 0 Å². The first-order valence-corrected chi connectivity index (χ1v) is 30.5. The molecule has 1 unspecified atom stereocenters. The molecule has 0 spiro atoms. The molecule has 5 atom stereocenters. The van der Waals surface area contributed by atoms with Crippen LogP contribution >= 0.6 is 11.3 Å². The number of hydrogen-bond acceptors (Lipinski definition) is 8. The summed E-state index contributed by atoms with van der Waals surface area (Å²) in [6.45, 7) is 28.4. The third-order valence-corrected chi connectivity index (χ3v) is 12.3. The molecule has 0 amide bonds. The van der Waals surface area contributed by atoms with Crippen molar-refractivity contribution >= 4 is 54.8 Å². The van der Waals surface area contributed by atoms with Gasteiger partial charge in [-0.25, -0.2) is 4.98 Å². The predicted octanol–water partition coefficient (Wildman–Crippen LogP) is 8.25. The third kappa shape index (κ3) is 9.98. The van der Waals surface area contributed by atoms with Crippen molar-refractivity contribution in [1.82, 2.24) is 4.98 Å². The topological polar surface area (TPSA) is 79.3 Å². The summed E-state index contributed by atoms with van der Waals surface area (Å²) in [5, 5.41) is 14.0. The monoisotopic (exact) mass is 705 g/mol. The number of aliphatic hydroxyl groups is 1. The molecule has 0 radical (unpaired) electrons. The molecule has 1 fully saturated rings. The lowest BCUT2D eigenvalue weighted by atomic mass is 9.86. The van der Waals surface area contributed by atoms with Crippen molar-refractivity contribution in [3.8, 4) is 0 Å². The number of hydrogen-bond donors (Lipinski definition) is 1. The maximum Gasteiger partial charge on any atom is 0.221 e. The van der Waals surface area contributed by atoms with Crippen molar-refractivity contribution < 1.29 is 27.5 Å². The Morgan fingerprint density at radius 3 is 1.98 bits per heavy atom. The minimum Gasteiger partial charge on any atom is -0.415 e. The minimum atomic E-state index is -2.23. The van der Waals surface area contributed by atoms with E-state index in [1.165, 1.54) is 4.70 Å². The molecule has 0 bridgehead atoms. The number of rotatable bonds is 12. The van der Waals surface area contributed by atoms with Gasteiger partial charge in [-0.3, -0.25) is 0 Å². The molecule has 250 valence electrons. The molecule has 1 saturated heterocycles. The van der Waals surface area contributed by atoms with Crippen LogP contribution in [0.2, 0.25) is 78.6 Å². The van der Waals surface area contributed by atoms with E-state index in [0.29, 0.717) is 18.6 Å². The normalized spacial score (nSPS) is 25.2. The van der Waals surface area contributed by atoms with Crippen LogP contribution in [0, 0.1) is 6.92 Å². The van der Waals surface area contributed by atoms with Crippen LogP contribution in [-0.2, 0) is 34.6 Å². The maximum atomic E-state index is 13.0. The Morgan fingerprint density at radius 2 is 1.40 bits per heavy atom. The molecule has 0 aliphatic carbocycles. The molecule has 12 heteroatoms. The summed E-state index contributed by atoms with van der Waals surface area (Å²) in [7, 11) is -8.39. The summed E-state index contributed by atoms with van der Waals surface area (Å²) in [6.07, 6.45) is -1.68. The first kappa shape index (κ1) is 36.8. The Balaban J connectivity index is 1.85. The average molecular weight is 706 g/mol. The molecule has 1 aliphatic heterocycles. The summed E-state index contributed by atoms with van der Waals surface area (Å²) >= 11 is 1.71. The van der Waals surface area contributed by atoms with E-state index in [4.69, 9.17) is 27.4 Å². The van der Waals surface area contributed by atoms with E-state index in [2.05, 4.69) is 110 Å². The van der Waals surface area contributed by atoms with Gasteiger partial charge in [-0.05, 0) is 115 Å². The Hall–Kier alpha value is -1.04. The molecule has 45 heavy (non-hydrogen) atoms. The van der Waals surface area contributed by atoms with Crippen molar-refractivity contribution in [3.05, 3.63) is 64.2 Å². The molecule has 3 aromatic rings. The number of aromatic nitrogens is 1. The van der Waals surface area contributed by atoms with Crippen molar-refractivity contribution in [2.75, 3.05) is 6.61 Å². The summed E-state index contributed by atoms with van der Waals surface area (Å²) in [6, 6.07) is 14.3. The van der Waals surface area contributed by atoms with E-state index in [0.717, 1.165) is 21.7 Å². The zero-order chi connectivity index (χ0) is 33.6. The Morgan fingerprint density at radius 1 is 0.800 bits per heavy atom. The highest BCUT2D eigenvalue weighted by Gasteiger charge is 2.59. The number of fused-ring (bicyclic) bond motifs is 1. The summed E-state index contributed by atoms with van der Waals surface area (Å²) in [4.78, 5) is 4.89. The lowest BCUT2D eigenvalue weighted by Gasteiger charge is -2.54. The van der Waals surface area contributed by atoms with Crippen LogP contribution in [0.1, 0.15) is 21.7 Å². The first-order chi connectivity index (χ1) is 20.5. The minimum absolute atomic E-state index is 0.308. The maximum absolute atomic E-state index is 13.0. The molecule has 4 rings (SSSR count). The molecule has 2 aromatic carbocycles. The fourth-order valence-corrected chi connectivity index (χ4v) is 10.4. The summed E-state index contributed by atoms with van der Waals surface area (Å²) < 4.78 is 35.3. The number of para-hydroxylation sites is 1. The number of aryl methyl sites for hydroxylation is 1. The van der Waals surface area contributed by atoms with Gasteiger partial charge in [-0.15, -0.1) is 11.3 Å². The SMILES string of the molecule is Cc1ccc(C2(O)O[C@H](CO[Si](C)(C)C)[C@@H](O[Si](C)(C)C)[C@H](O[Si](C)(C)C)[C@H]2O[Si](C)(C)C)cc1Cc1nc2ccccc2s1. The average Bonchev–Trinajstić information content (AvgIpc) is 3.28. The van der Waals surface area contributed by atoms with Gasteiger partial charge in [0.05, 0.1) is 21.8 Å². The largest absolute Gasteiger partial charge is 0.415 e. The van der Waals surface area contributed by atoms with E-state index in [1.807, 2.05) is 18.2 Å². The second kappa shape index (κ2) is 13.5. The van der Waals surface area contributed by atoms with E-state index >= 15 is 0 Å². The fourth-order valence-electron chi connectivity index (χ4n) is 5.52. The van der Waals surface area contributed by atoms with E-state index in [1.54, 1.807) is 11.3 Å². The summed E-state index contributed by atoms with van der Waals surface area (Å²) in [5.74, 6) is -1.78.